The zero-order valence-corrected chi connectivity index (χ0v) is 9.64. The van der Waals surface area contributed by atoms with Crippen LogP contribution in [0.5, 0.6) is 0 Å². The highest BCUT2D eigenvalue weighted by molar-refractivity contribution is 7.13. The zero-order chi connectivity index (χ0) is 10.8. The average molecular weight is 225 g/mol. The Morgan fingerprint density at radius 1 is 1.60 bits per heavy atom. The predicted octanol–water partition coefficient (Wildman–Crippen LogP) is 2.75. The molecule has 82 valence electrons. The van der Waals surface area contributed by atoms with Crippen molar-refractivity contribution in [3.05, 3.63) is 15.6 Å². The van der Waals surface area contributed by atoms with Crippen LogP contribution in [0.25, 0.3) is 0 Å². The molecule has 0 bridgehead atoms. The second kappa shape index (κ2) is 4.31. The molecule has 4 heteroatoms. The highest BCUT2D eigenvalue weighted by Gasteiger charge is 2.25. The molecular formula is C11H15NO2S. The van der Waals surface area contributed by atoms with Gasteiger partial charge in [-0.05, 0) is 25.2 Å². The van der Waals surface area contributed by atoms with Gasteiger partial charge in [0.1, 0.15) is 4.88 Å². The maximum Gasteiger partial charge on any atom is 0.347 e. The summed E-state index contributed by atoms with van der Waals surface area (Å²) in [5, 5.41) is 10.0. The van der Waals surface area contributed by atoms with Gasteiger partial charge in [-0.15, -0.1) is 11.3 Å². The van der Waals surface area contributed by atoms with Crippen LogP contribution < -0.4 is 0 Å². The Morgan fingerprint density at radius 3 is 2.87 bits per heavy atom. The molecule has 1 saturated carbocycles. The lowest BCUT2D eigenvalue weighted by molar-refractivity contribution is 0.0700. The second-order valence-corrected chi connectivity index (χ2v) is 5.17. The smallest absolute Gasteiger partial charge is 0.347 e. The predicted molar refractivity (Wildman–Crippen MR) is 59.5 cm³/mol. The van der Waals surface area contributed by atoms with E-state index < -0.39 is 5.97 Å². The van der Waals surface area contributed by atoms with Gasteiger partial charge in [0, 0.05) is 6.42 Å². The van der Waals surface area contributed by atoms with Gasteiger partial charge in [-0.3, -0.25) is 0 Å². The van der Waals surface area contributed by atoms with Crippen LogP contribution in [0.4, 0.5) is 0 Å². The Kier molecular flexibility index (Phi) is 3.05. The number of aryl methyl sites for hydroxylation is 1. The van der Waals surface area contributed by atoms with Crippen LogP contribution in [0.2, 0.25) is 0 Å². The van der Waals surface area contributed by atoms with E-state index >= 15 is 0 Å². The van der Waals surface area contributed by atoms with Crippen LogP contribution in [0.15, 0.2) is 0 Å². The number of aromatic carboxylic acids is 1. The summed E-state index contributed by atoms with van der Waals surface area (Å²) in [6.45, 7) is 2.05. The molecule has 1 aromatic rings. The molecule has 0 amide bonds. The van der Waals surface area contributed by atoms with E-state index in [2.05, 4.69) is 4.98 Å². The molecule has 3 nitrogen and oxygen atoms in total. The van der Waals surface area contributed by atoms with Crippen LogP contribution in [0, 0.1) is 5.92 Å². The fourth-order valence-electron chi connectivity index (χ4n) is 1.63. The molecule has 0 aliphatic heterocycles. The topological polar surface area (TPSA) is 50.2 Å². The molecule has 2 rings (SSSR count). The number of aromatic nitrogens is 1. The number of thiazole rings is 1. The number of carbonyl (C=O) groups is 1. The lowest BCUT2D eigenvalue weighted by Gasteiger charge is -1.93. The Morgan fingerprint density at radius 2 is 2.33 bits per heavy atom. The van der Waals surface area contributed by atoms with Gasteiger partial charge >= 0.3 is 5.97 Å². The van der Waals surface area contributed by atoms with Gasteiger partial charge in [-0.2, -0.15) is 0 Å². The number of hydrogen-bond acceptors (Lipinski definition) is 3. The summed E-state index contributed by atoms with van der Waals surface area (Å²) in [6.07, 6.45) is 5.28. The standard InChI is InChI=1S/C11H15NO2S/c1-2-3-8-10(11(13)14)15-9(12-8)6-7-4-5-7/h7H,2-6H2,1H3,(H,13,14). The van der Waals surface area contributed by atoms with E-state index in [4.69, 9.17) is 5.11 Å². The van der Waals surface area contributed by atoms with Crippen LogP contribution >= 0.6 is 11.3 Å². The summed E-state index contributed by atoms with van der Waals surface area (Å²) in [6, 6.07) is 0. The molecule has 0 radical (unpaired) electrons. The monoisotopic (exact) mass is 225 g/mol. The molecule has 0 atom stereocenters. The summed E-state index contributed by atoms with van der Waals surface area (Å²) >= 11 is 1.37. The fraction of sp³-hybridized carbons (Fsp3) is 0.636. The first-order valence-electron chi connectivity index (χ1n) is 5.42. The molecule has 1 aliphatic carbocycles. The van der Waals surface area contributed by atoms with E-state index in [1.54, 1.807) is 0 Å². The highest BCUT2D eigenvalue weighted by atomic mass is 32.1. The summed E-state index contributed by atoms with van der Waals surface area (Å²) in [5.41, 5.74) is 0.783. The molecule has 0 aromatic carbocycles. The van der Waals surface area contributed by atoms with Gasteiger partial charge in [0.15, 0.2) is 0 Å². The van der Waals surface area contributed by atoms with Gasteiger partial charge in [-0.1, -0.05) is 13.3 Å². The number of rotatable bonds is 5. The highest BCUT2D eigenvalue weighted by Crippen LogP contribution is 2.34. The number of nitrogens with zero attached hydrogens (tertiary/aromatic N) is 1. The molecule has 1 aromatic heterocycles. The molecule has 1 heterocycles. The van der Waals surface area contributed by atoms with E-state index in [-0.39, 0.29) is 0 Å². The summed E-state index contributed by atoms with van der Waals surface area (Å²) in [7, 11) is 0. The number of carboxylic acid groups (broad SMARTS) is 1. The first-order chi connectivity index (χ1) is 7.20. The molecule has 1 aliphatic rings. The molecule has 0 unspecified atom stereocenters. The van der Waals surface area contributed by atoms with Crippen molar-refractivity contribution >= 4 is 17.3 Å². The minimum Gasteiger partial charge on any atom is -0.477 e. The quantitative estimate of drug-likeness (QED) is 0.838. The SMILES string of the molecule is CCCc1nc(CC2CC2)sc1C(=O)O. The third-order valence-electron chi connectivity index (χ3n) is 2.58. The van der Waals surface area contributed by atoms with Crippen LogP contribution in [-0.4, -0.2) is 16.1 Å². The van der Waals surface area contributed by atoms with Gasteiger partial charge in [0.05, 0.1) is 10.7 Å². The average Bonchev–Trinajstić information content (AvgIpc) is 2.88. The molecule has 0 spiro atoms. The number of hydrogen-bond donors (Lipinski definition) is 1. The van der Waals surface area contributed by atoms with E-state index in [0.717, 1.165) is 35.9 Å². The Bertz CT molecular complexity index is 369. The van der Waals surface area contributed by atoms with Crippen molar-refractivity contribution in [2.75, 3.05) is 0 Å². The Hall–Kier alpha value is -0.900. The van der Waals surface area contributed by atoms with Gasteiger partial charge < -0.3 is 5.11 Å². The van der Waals surface area contributed by atoms with Crippen molar-refractivity contribution in [1.82, 2.24) is 4.98 Å². The first kappa shape index (κ1) is 10.6. The fourth-order valence-corrected chi connectivity index (χ4v) is 2.69. The lowest BCUT2D eigenvalue weighted by atomic mass is 10.2. The largest absolute Gasteiger partial charge is 0.477 e. The molecule has 1 N–H and O–H groups in total. The van der Waals surface area contributed by atoms with Crippen LogP contribution in [0.3, 0.4) is 0 Å². The van der Waals surface area contributed by atoms with Crippen molar-refractivity contribution in [3.63, 3.8) is 0 Å². The first-order valence-corrected chi connectivity index (χ1v) is 6.24. The van der Waals surface area contributed by atoms with Crippen molar-refractivity contribution < 1.29 is 9.90 Å². The maximum absolute atomic E-state index is 11.0. The van der Waals surface area contributed by atoms with E-state index in [9.17, 15) is 4.79 Å². The van der Waals surface area contributed by atoms with Crippen molar-refractivity contribution in [1.29, 1.82) is 0 Å². The zero-order valence-electron chi connectivity index (χ0n) is 8.82. The third-order valence-corrected chi connectivity index (χ3v) is 3.69. The second-order valence-electron chi connectivity index (χ2n) is 4.09. The Balaban J connectivity index is 2.17. The maximum atomic E-state index is 11.0. The van der Waals surface area contributed by atoms with Crippen molar-refractivity contribution in [3.8, 4) is 0 Å². The van der Waals surface area contributed by atoms with E-state index in [1.807, 2.05) is 6.92 Å². The van der Waals surface area contributed by atoms with Crippen molar-refractivity contribution in [2.45, 2.75) is 39.0 Å². The van der Waals surface area contributed by atoms with Gasteiger partial charge in [0.25, 0.3) is 0 Å². The molecule has 0 saturated heterocycles. The van der Waals surface area contributed by atoms with Gasteiger partial charge in [-0.25, -0.2) is 9.78 Å². The minimum atomic E-state index is -0.821. The van der Waals surface area contributed by atoms with Crippen molar-refractivity contribution in [2.24, 2.45) is 5.92 Å². The summed E-state index contributed by atoms with van der Waals surface area (Å²) in [4.78, 5) is 15.9. The van der Waals surface area contributed by atoms with E-state index in [0.29, 0.717) is 4.88 Å². The molecule has 1 fully saturated rings. The summed E-state index contributed by atoms with van der Waals surface area (Å²) < 4.78 is 0. The lowest BCUT2D eigenvalue weighted by Crippen LogP contribution is -1.98. The van der Waals surface area contributed by atoms with Crippen LogP contribution in [-0.2, 0) is 12.8 Å². The van der Waals surface area contributed by atoms with Gasteiger partial charge in [0.2, 0.25) is 0 Å². The summed E-state index contributed by atoms with van der Waals surface area (Å²) in [5.74, 6) is -0.0507. The minimum absolute atomic E-state index is 0.451. The van der Waals surface area contributed by atoms with Crippen LogP contribution in [0.1, 0.15) is 46.6 Å². The third kappa shape index (κ3) is 2.56. The number of carboxylic acids is 1. The van der Waals surface area contributed by atoms with E-state index in [1.165, 1.54) is 24.2 Å². The molecule has 15 heavy (non-hydrogen) atoms. The Labute approximate surface area is 93.2 Å². The molecular weight excluding hydrogens is 210 g/mol. The normalized spacial score (nSPS) is 15.5.